The highest BCUT2D eigenvalue weighted by Crippen LogP contribution is 2.34. The van der Waals surface area contributed by atoms with E-state index in [4.69, 9.17) is 17.3 Å². The molecule has 6 nitrogen and oxygen atoms in total. The number of hydrogen-bond acceptors (Lipinski definition) is 6. The zero-order valence-corrected chi connectivity index (χ0v) is 16.7. The maximum Gasteiger partial charge on any atom is 0.133 e. The third-order valence-corrected chi connectivity index (χ3v) is 5.71. The fraction of sp³-hybridized carbons (Fsp3) is 0.429. The van der Waals surface area contributed by atoms with Crippen molar-refractivity contribution in [3.8, 4) is 0 Å². The fourth-order valence-corrected chi connectivity index (χ4v) is 4.13. The topological polar surface area (TPSA) is 87.3 Å². The molecule has 4 N–H and O–H groups in total. The van der Waals surface area contributed by atoms with Gasteiger partial charge in [-0.25, -0.2) is 9.97 Å². The largest absolute Gasteiger partial charge is 0.374 e. The van der Waals surface area contributed by atoms with E-state index in [1.54, 1.807) is 0 Å². The molecular formula is C21H26ClN5O. The molecule has 2 aliphatic rings. The van der Waals surface area contributed by atoms with Gasteiger partial charge in [-0.3, -0.25) is 0 Å². The monoisotopic (exact) mass is 399 g/mol. The van der Waals surface area contributed by atoms with E-state index in [9.17, 15) is 5.11 Å². The van der Waals surface area contributed by atoms with Gasteiger partial charge in [0.25, 0.3) is 0 Å². The quantitative estimate of drug-likeness (QED) is 0.647. The molecule has 0 bridgehead atoms. The standard InChI is InChI=1S/C21H26ClN5O/c1-13-8-16(20(23)28)19-17(9-13)21(25-12-24-19)26-18(11-27-6-3-7-27)14-4-2-5-15(22)10-14/h2,4-5,8,10,12-13,18,20,28H,3,6-7,9,11,23H2,1H3,(H,24,25,26)/t13?,18-,20?/m1/s1. The van der Waals surface area contributed by atoms with Gasteiger partial charge in [-0.15, -0.1) is 0 Å². The molecule has 1 aliphatic heterocycles. The number of anilines is 1. The fourth-order valence-electron chi connectivity index (χ4n) is 3.93. The molecule has 0 amide bonds. The zero-order chi connectivity index (χ0) is 19.7. The molecule has 0 radical (unpaired) electrons. The molecule has 2 unspecified atom stereocenters. The number of likely N-dealkylation sites (tertiary alicyclic amines) is 1. The third kappa shape index (κ3) is 4.05. The van der Waals surface area contributed by atoms with Gasteiger partial charge in [-0.2, -0.15) is 0 Å². The van der Waals surface area contributed by atoms with Gasteiger partial charge in [0.05, 0.1) is 11.7 Å². The van der Waals surface area contributed by atoms with Crippen LogP contribution in [0.1, 0.15) is 36.2 Å². The van der Waals surface area contributed by atoms with Gasteiger partial charge in [0.2, 0.25) is 0 Å². The third-order valence-electron chi connectivity index (χ3n) is 5.48. The van der Waals surface area contributed by atoms with Crippen molar-refractivity contribution < 1.29 is 5.11 Å². The molecule has 1 aromatic carbocycles. The van der Waals surface area contributed by atoms with Gasteiger partial charge >= 0.3 is 0 Å². The summed E-state index contributed by atoms with van der Waals surface area (Å²) in [5, 5.41) is 14.3. The van der Waals surface area contributed by atoms with Crippen LogP contribution in [0.25, 0.3) is 5.57 Å². The summed E-state index contributed by atoms with van der Waals surface area (Å²) in [4.78, 5) is 11.4. The summed E-state index contributed by atoms with van der Waals surface area (Å²) in [7, 11) is 0. The summed E-state index contributed by atoms with van der Waals surface area (Å²) in [5.74, 6) is 1.06. The van der Waals surface area contributed by atoms with Gasteiger partial charge in [0.15, 0.2) is 0 Å². The molecule has 0 spiro atoms. The van der Waals surface area contributed by atoms with E-state index in [2.05, 4.69) is 33.2 Å². The van der Waals surface area contributed by atoms with Gasteiger partial charge in [-0.05, 0) is 49.5 Å². The predicted molar refractivity (Wildman–Crippen MR) is 112 cm³/mol. The molecule has 7 heteroatoms. The number of nitrogens with one attached hydrogen (secondary N) is 1. The van der Waals surface area contributed by atoms with E-state index < -0.39 is 6.23 Å². The Labute approximate surface area is 170 Å². The average Bonchev–Trinajstić information content (AvgIpc) is 2.63. The Bertz CT molecular complexity index is 881. The minimum absolute atomic E-state index is 0.0606. The second-order valence-electron chi connectivity index (χ2n) is 7.70. The number of halogens is 1. The van der Waals surface area contributed by atoms with Crippen molar-refractivity contribution >= 4 is 23.0 Å². The summed E-state index contributed by atoms with van der Waals surface area (Å²) < 4.78 is 0. The SMILES string of the molecule is CC1C=C(C(N)O)c2ncnc(N[C@H](CN3CCC3)c3cccc(Cl)c3)c2C1. The van der Waals surface area contributed by atoms with Crippen LogP contribution in [0.15, 0.2) is 36.7 Å². The van der Waals surface area contributed by atoms with Crippen molar-refractivity contribution in [2.75, 3.05) is 25.0 Å². The van der Waals surface area contributed by atoms with Crippen molar-refractivity contribution in [3.05, 3.63) is 58.5 Å². The van der Waals surface area contributed by atoms with E-state index in [1.807, 2.05) is 24.3 Å². The van der Waals surface area contributed by atoms with Crippen LogP contribution in [0.2, 0.25) is 5.02 Å². The molecule has 1 aromatic heterocycles. The lowest BCUT2D eigenvalue weighted by Crippen LogP contribution is -2.41. The number of hydrogen-bond donors (Lipinski definition) is 3. The Morgan fingerprint density at radius 3 is 2.86 bits per heavy atom. The van der Waals surface area contributed by atoms with Gasteiger partial charge in [0, 0.05) is 22.7 Å². The first-order valence-corrected chi connectivity index (χ1v) is 10.1. The number of nitrogens with two attached hydrogens (primary N) is 1. The first-order chi connectivity index (χ1) is 13.5. The molecule has 3 atom stereocenters. The summed E-state index contributed by atoms with van der Waals surface area (Å²) >= 11 is 6.25. The van der Waals surface area contributed by atoms with Gasteiger partial charge in [-0.1, -0.05) is 36.7 Å². The van der Waals surface area contributed by atoms with Crippen molar-refractivity contribution in [2.24, 2.45) is 11.7 Å². The molecule has 1 fully saturated rings. The molecule has 0 saturated carbocycles. The first kappa shape index (κ1) is 19.3. The van der Waals surface area contributed by atoms with E-state index in [1.165, 1.54) is 12.7 Å². The summed E-state index contributed by atoms with van der Waals surface area (Å²) in [6.45, 7) is 5.22. The van der Waals surface area contributed by atoms with Crippen molar-refractivity contribution in [2.45, 2.75) is 32.0 Å². The number of nitrogens with zero attached hydrogens (tertiary/aromatic N) is 3. The Morgan fingerprint density at radius 2 is 2.18 bits per heavy atom. The molecule has 2 aromatic rings. The highest BCUT2D eigenvalue weighted by molar-refractivity contribution is 6.30. The lowest BCUT2D eigenvalue weighted by atomic mass is 9.88. The highest BCUT2D eigenvalue weighted by Gasteiger charge is 2.27. The minimum Gasteiger partial charge on any atom is -0.374 e. The highest BCUT2D eigenvalue weighted by atomic mass is 35.5. The normalized spacial score (nSPS) is 21.3. The average molecular weight is 400 g/mol. The number of allylic oxidation sites excluding steroid dienone is 1. The lowest BCUT2D eigenvalue weighted by Gasteiger charge is -2.35. The Hall–Kier alpha value is -1.99. The summed E-state index contributed by atoms with van der Waals surface area (Å²) in [5.41, 5.74) is 9.32. The number of fused-ring (bicyclic) bond motifs is 1. The van der Waals surface area contributed by atoms with Crippen LogP contribution in [0.3, 0.4) is 0 Å². The Balaban J connectivity index is 1.67. The van der Waals surface area contributed by atoms with Crippen LogP contribution < -0.4 is 11.1 Å². The second-order valence-corrected chi connectivity index (χ2v) is 8.14. The van der Waals surface area contributed by atoms with Crippen LogP contribution in [0.4, 0.5) is 5.82 Å². The Kier molecular flexibility index (Phi) is 5.64. The van der Waals surface area contributed by atoms with Gasteiger partial charge in [0.1, 0.15) is 18.4 Å². The molecular weight excluding hydrogens is 374 g/mol. The van der Waals surface area contributed by atoms with Crippen molar-refractivity contribution in [1.29, 1.82) is 0 Å². The van der Waals surface area contributed by atoms with Crippen molar-refractivity contribution in [3.63, 3.8) is 0 Å². The lowest BCUT2D eigenvalue weighted by molar-refractivity contribution is 0.174. The molecule has 4 rings (SSSR count). The number of benzene rings is 1. The van der Waals surface area contributed by atoms with E-state index in [0.717, 1.165) is 53.7 Å². The number of rotatable bonds is 6. The number of aliphatic hydroxyl groups is 1. The van der Waals surface area contributed by atoms with Crippen LogP contribution >= 0.6 is 11.6 Å². The number of aliphatic hydroxyl groups excluding tert-OH is 1. The van der Waals surface area contributed by atoms with Crippen LogP contribution in [0, 0.1) is 5.92 Å². The first-order valence-electron chi connectivity index (χ1n) is 9.75. The zero-order valence-electron chi connectivity index (χ0n) is 16.0. The minimum atomic E-state index is -1.05. The van der Waals surface area contributed by atoms with Crippen LogP contribution in [0.5, 0.6) is 0 Å². The maximum absolute atomic E-state index is 9.99. The molecule has 28 heavy (non-hydrogen) atoms. The van der Waals surface area contributed by atoms with Crippen LogP contribution in [-0.4, -0.2) is 45.8 Å². The van der Waals surface area contributed by atoms with Gasteiger partial charge < -0.3 is 21.1 Å². The van der Waals surface area contributed by atoms with E-state index >= 15 is 0 Å². The molecule has 1 saturated heterocycles. The molecule has 2 heterocycles. The van der Waals surface area contributed by atoms with Crippen molar-refractivity contribution in [1.82, 2.24) is 14.9 Å². The smallest absolute Gasteiger partial charge is 0.133 e. The van der Waals surface area contributed by atoms with Crippen LogP contribution in [-0.2, 0) is 6.42 Å². The number of aromatic nitrogens is 2. The summed E-state index contributed by atoms with van der Waals surface area (Å²) in [6, 6.07) is 8.02. The predicted octanol–water partition coefficient (Wildman–Crippen LogP) is 2.84. The second kappa shape index (κ2) is 8.17. The van der Waals surface area contributed by atoms with E-state index in [0.29, 0.717) is 5.57 Å². The van der Waals surface area contributed by atoms with E-state index in [-0.39, 0.29) is 12.0 Å². The Morgan fingerprint density at radius 1 is 1.36 bits per heavy atom. The molecule has 1 aliphatic carbocycles. The summed E-state index contributed by atoms with van der Waals surface area (Å²) in [6.07, 6.45) is 4.53. The molecule has 148 valence electrons. The maximum atomic E-state index is 9.99.